The second-order valence-corrected chi connectivity index (χ2v) is 7.82. The molecule has 1 N–H and O–H groups in total. The molecule has 0 saturated carbocycles. The zero-order chi connectivity index (χ0) is 18.6. The molecule has 0 aliphatic carbocycles. The lowest BCUT2D eigenvalue weighted by Gasteiger charge is -2.38. The van der Waals surface area contributed by atoms with Gasteiger partial charge in [0.25, 0.3) is 0 Å². The predicted octanol–water partition coefficient (Wildman–Crippen LogP) is 2.62. The molecule has 2 fully saturated rings. The van der Waals surface area contributed by atoms with E-state index in [0.29, 0.717) is 12.6 Å². The van der Waals surface area contributed by atoms with Crippen LogP contribution in [0.3, 0.4) is 0 Å². The van der Waals surface area contributed by atoms with E-state index in [1.54, 1.807) is 0 Å². The average molecular weight is 439 g/mol. The molecule has 2 aromatic carbocycles. The Kier molecular flexibility index (Phi) is 9.18. The Labute approximate surface area is 186 Å². The first-order chi connectivity index (χ1) is 13.2. The summed E-state index contributed by atoms with van der Waals surface area (Å²) in [5.41, 5.74) is 1.38. The smallest absolute Gasteiger partial charge is 0.236 e. The van der Waals surface area contributed by atoms with Gasteiger partial charge in [0.2, 0.25) is 5.91 Å². The van der Waals surface area contributed by atoms with E-state index in [1.807, 2.05) is 4.90 Å². The number of hydrogen-bond acceptors (Lipinski definition) is 4. The van der Waals surface area contributed by atoms with E-state index in [2.05, 4.69) is 64.5 Å². The first-order valence-electron chi connectivity index (χ1n) is 10.1. The van der Waals surface area contributed by atoms with Gasteiger partial charge in [-0.1, -0.05) is 42.5 Å². The van der Waals surface area contributed by atoms with Crippen LogP contribution in [0.2, 0.25) is 0 Å². The van der Waals surface area contributed by atoms with Gasteiger partial charge >= 0.3 is 0 Å². The maximum absolute atomic E-state index is 12.7. The van der Waals surface area contributed by atoms with Crippen LogP contribution in [0.4, 0.5) is 0 Å². The summed E-state index contributed by atoms with van der Waals surface area (Å²) in [5.74, 6) is 0.286. The maximum atomic E-state index is 12.7. The summed E-state index contributed by atoms with van der Waals surface area (Å²) in [6.45, 7) is 10.2. The fourth-order valence-corrected chi connectivity index (χ4v) is 4.22. The Morgan fingerprint density at radius 2 is 1.72 bits per heavy atom. The Hall–Kier alpha value is -1.37. The van der Waals surface area contributed by atoms with E-state index in [9.17, 15) is 4.79 Å². The summed E-state index contributed by atoms with van der Waals surface area (Å²) in [4.78, 5) is 19.5. The quantitative estimate of drug-likeness (QED) is 0.795. The number of halogens is 2. The number of piperazine rings is 2. The molecule has 0 unspecified atom stereocenters. The molecule has 2 heterocycles. The highest BCUT2D eigenvalue weighted by Gasteiger charge is 2.25. The van der Waals surface area contributed by atoms with Gasteiger partial charge in [-0.05, 0) is 23.3 Å². The fourth-order valence-electron chi connectivity index (χ4n) is 4.22. The summed E-state index contributed by atoms with van der Waals surface area (Å²) in [7, 11) is 0. The molecule has 29 heavy (non-hydrogen) atoms. The molecule has 0 bridgehead atoms. The SMILES string of the molecule is C[C@H]1CNCCN1CC(=O)N1CCN(Cc2cccc3ccccc23)CC1.Cl.Cl. The summed E-state index contributed by atoms with van der Waals surface area (Å²) in [5, 5.41) is 6.02. The first kappa shape index (κ1) is 23.9. The Balaban J connectivity index is 0.00000150. The van der Waals surface area contributed by atoms with Gasteiger partial charge in [-0.2, -0.15) is 0 Å². The number of hydrogen-bond donors (Lipinski definition) is 1. The Bertz CT molecular complexity index is 790. The van der Waals surface area contributed by atoms with Gasteiger partial charge in [0.05, 0.1) is 6.54 Å². The van der Waals surface area contributed by atoms with E-state index in [4.69, 9.17) is 0 Å². The maximum Gasteiger partial charge on any atom is 0.236 e. The zero-order valence-electron chi connectivity index (χ0n) is 17.0. The van der Waals surface area contributed by atoms with Crippen molar-refractivity contribution in [2.75, 3.05) is 52.4 Å². The average Bonchev–Trinajstić information content (AvgIpc) is 2.70. The van der Waals surface area contributed by atoms with Crippen LogP contribution in [0.15, 0.2) is 42.5 Å². The Morgan fingerprint density at radius 3 is 2.48 bits per heavy atom. The minimum atomic E-state index is 0. The Morgan fingerprint density at radius 1 is 1.00 bits per heavy atom. The molecular formula is C22H32Cl2N4O. The van der Waals surface area contributed by atoms with Crippen LogP contribution in [0.25, 0.3) is 10.8 Å². The van der Waals surface area contributed by atoms with Crippen LogP contribution in [-0.2, 0) is 11.3 Å². The van der Waals surface area contributed by atoms with Crippen LogP contribution < -0.4 is 5.32 Å². The molecule has 5 nitrogen and oxygen atoms in total. The van der Waals surface area contributed by atoms with Crippen molar-refractivity contribution in [3.63, 3.8) is 0 Å². The molecule has 2 aliphatic rings. The zero-order valence-corrected chi connectivity index (χ0v) is 18.7. The first-order valence-corrected chi connectivity index (χ1v) is 10.1. The van der Waals surface area contributed by atoms with Crippen LogP contribution in [0.1, 0.15) is 12.5 Å². The number of benzene rings is 2. The second kappa shape index (κ2) is 11.1. The largest absolute Gasteiger partial charge is 0.339 e. The number of fused-ring (bicyclic) bond motifs is 1. The molecule has 2 aliphatic heterocycles. The van der Waals surface area contributed by atoms with Crippen LogP contribution in [0, 0.1) is 0 Å². The summed E-state index contributed by atoms with van der Waals surface area (Å²) in [6, 6.07) is 15.6. The molecule has 1 amide bonds. The lowest BCUT2D eigenvalue weighted by Crippen LogP contribution is -2.55. The van der Waals surface area contributed by atoms with Crippen molar-refractivity contribution in [2.24, 2.45) is 0 Å². The highest BCUT2D eigenvalue weighted by Crippen LogP contribution is 2.20. The fraction of sp³-hybridized carbons (Fsp3) is 0.500. The third-order valence-electron chi connectivity index (χ3n) is 5.98. The van der Waals surface area contributed by atoms with Crippen LogP contribution in [0.5, 0.6) is 0 Å². The van der Waals surface area contributed by atoms with Crippen molar-refractivity contribution in [1.82, 2.24) is 20.0 Å². The molecule has 0 spiro atoms. The van der Waals surface area contributed by atoms with Gasteiger partial charge in [0.1, 0.15) is 0 Å². The van der Waals surface area contributed by atoms with Gasteiger partial charge in [-0.3, -0.25) is 14.6 Å². The van der Waals surface area contributed by atoms with E-state index in [1.165, 1.54) is 16.3 Å². The number of amides is 1. The molecule has 7 heteroatoms. The highest BCUT2D eigenvalue weighted by atomic mass is 35.5. The van der Waals surface area contributed by atoms with E-state index >= 15 is 0 Å². The van der Waals surface area contributed by atoms with Crippen LogP contribution in [-0.4, -0.2) is 79.0 Å². The van der Waals surface area contributed by atoms with E-state index in [0.717, 1.165) is 52.4 Å². The van der Waals surface area contributed by atoms with Crippen molar-refractivity contribution < 1.29 is 4.79 Å². The number of rotatable bonds is 4. The third-order valence-corrected chi connectivity index (χ3v) is 5.98. The molecule has 2 aromatic rings. The normalized spacial score (nSPS) is 20.7. The second-order valence-electron chi connectivity index (χ2n) is 7.82. The molecule has 2 saturated heterocycles. The standard InChI is InChI=1S/C22H30N4O.2ClH/c1-18-15-23-9-10-26(18)17-22(27)25-13-11-24(12-14-25)16-20-7-4-6-19-5-2-3-8-21(19)20;;/h2-8,18,23H,9-17H2,1H3;2*1H/t18-;;/m0../s1. The molecule has 1 atom stereocenters. The molecule has 0 aromatic heterocycles. The summed E-state index contributed by atoms with van der Waals surface area (Å²) < 4.78 is 0. The molecular weight excluding hydrogens is 407 g/mol. The van der Waals surface area contributed by atoms with Crippen molar-refractivity contribution in [3.05, 3.63) is 48.0 Å². The molecule has 0 radical (unpaired) electrons. The lowest BCUT2D eigenvalue weighted by atomic mass is 10.0. The predicted molar refractivity (Wildman–Crippen MR) is 124 cm³/mol. The number of carbonyl (C=O) groups excluding carboxylic acids is 1. The van der Waals surface area contributed by atoms with E-state index in [-0.39, 0.29) is 30.7 Å². The lowest BCUT2D eigenvalue weighted by molar-refractivity contribution is -0.135. The minimum Gasteiger partial charge on any atom is -0.339 e. The van der Waals surface area contributed by atoms with E-state index < -0.39 is 0 Å². The summed E-state index contributed by atoms with van der Waals surface area (Å²) >= 11 is 0. The minimum absolute atomic E-state index is 0. The van der Waals surface area contributed by atoms with Gasteiger partial charge < -0.3 is 10.2 Å². The summed E-state index contributed by atoms with van der Waals surface area (Å²) in [6.07, 6.45) is 0. The molecule has 160 valence electrons. The monoisotopic (exact) mass is 438 g/mol. The van der Waals surface area contributed by atoms with Gasteiger partial charge in [-0.25, -0.2) is 0 Å². The number of nitrogens with one attached hydrogen (secondary N) is 1. The van der Waals surface area contributed by atoms with Gasteiger partial charge in [-0.15, -0.1) is 24.8 Å². The van der Waals surface area contributed by atoms with Crippen molar-refractivity contribution in [1.29, 1.82) is 0 Å². The number of nitrogens with zero attached hydrogens (tertiary/aromatic N) is 3. The highest BCUT2D eigenvalue weighted by molar-refractivity contribution is 5.86. The third kappa shape index (κ3) is 5.83. The van der Waals surface area contributed by atoms with Gasteiger partial charge in [0.15, 0.2) is 0 Å². The number of carbonyl (C=O) groups is 1. The molecule has 4 rings (SSSR count). The van der Waals surface area contributed by atoms with Crippen LogP contribution >= 0.6 is 24.8 Å². The van der Waals surface area contributed by atoms with Crippen molar-refractivity contribution in [2.45, 2.75) is 19.5 Å². The van der Waals surface area contributed by atoms with Crippen molar-refractivity contribution in [3.8, 4) is 0 Å². The van der Waals surface area contributed by atoms with Gasteiger partial charge in [0, 0.05) is 58.4 Å². The van der Waals surface area contributed by atoms with Crippen molar-refractivity contribution >= 4 is 41.5 Å². The topological polar surface area (TPSA) is 38.8 Å².